The van der Waals surface area contributed by atoms with E-state index in [1.165, 1.54) is 19.2 Å². The molecule has 5 heteroatoms. The zero-order valence-corrected chi connectivity index (χ0v) is 11.6. The first-order valence-electron chi connectivity index (χ1n) is 5.88. The molecule has 1 N–H and O–H groups in total. The first-order valence-corrected chi connectivity index (χ1v) is 6.26. The summed E-state index contributed by atoms with van der Waals surface area (Å²) in [5, 5.41) is 9.86. The van der Waals surface area contributed by atoms with Gasteiger partial charge in [0.15, 0.2) is 0 Å². The number of methoxy groups -OCH3 is 1. The second-order valence-electron chi connectivity index (χ2n) is 4.08. The molecule has 0 heterocycles. The Kier molecular flexibility index (Phi) is 4.48. The summed E-state index contributed by atoms with van der Waals surface area (Å²) in [4.78, 5) is 11.8. The third-order valence-electron chi connectivity index (χ3n) is 2.68. The van der Waals surface area contributed by atoms with Crippen LogP contribution in [0.2, 0.25) is 5.02 Å². The number of aromatic hydroxyl groups is 1. The maximum atomic E-state index is 11.8. The lowest BCUT2D eigenvalue weighted by atomic mass is 10.2. The lowest BCUT2D eigenvalue weighted by Gasteiger charge is -2.10. The van der Waals surface area contributed by atoms with Crippen LogP contribution in [0.3, 0.4) is 0 Å². The fraction of sp³-hybridized carbons (Fsp3) is 0.133. The van der Waals surface area contributed by atoms with Gasteiger partial charge in [-0.25, -0.2) is 4.79 Å². The molecular formula is C15H13ClO4. The Morgan fingerprint density at radius 1 is 1.25 bits per heavy atom. The van der Waals surface area contributed by atoms with Crippen LogP contribution in [0, 0.1) is 0 Å². The second kappa shape index (κ2) is 6.30. The molecule has 0 aliphatic rings. The van der Waals surface area contributed by atoms with Gasteiger partial charge in [-0.1, -0.05) is 17.7 Å². The maximum Gasteiger partial charge on any atom is 0.338 e. The Labute approximate surface area is 121 Å². The van der Waals surface area contributed by atoms with Crippen LogP contribution in [0.4, 0.5) is 0 Å². The summed E-state index contributed by atoms with van der Waals surface area (Å²) in [6.07, 6.45) is 0. The minimum absolute atomic E-state index is 0.0137. The normalized spacial score (nSPS) is 10.1. The van der Waals surface area contributed by atoms with E-state index in [-0.39, 0.29) is 17.9 Å². The molecule has 0 aliphatic carbocycles. The molecule has 0 atom stereocenters. The number of halogens is 1. The average molecular weight is 293 g/mol. The third-order valence-corrected chi connectivity index (χ3v) is 2.92. The van der Waals surface area contributed by atoms with Gasteiger partial charge in [0.05, 0.1) is 12.7 Å². The Hall–Kier alpha value is -2.20. The first-order chi connectivity index (χ1) is 9.60. The van der Waals surface area contributed by atoms with E-state index in [0.717, 1.165) is 0 Å². The second-order valence-corrected chi connectivity index (χ2v) is 4.52. The molecule has 2 rings (SSSR count). The van der Waals surface area contributed by atoms with Gasteiger partial charge in [0.25, 0.3) is 0 Å². The van der Waals surface area contributed by atoms with Crippen LogP contribution in [0.15, 0.2) is 42.5 Å². The first kappa shape index (κ1) is 14.2. The molecule has 0 unspecified atom stereocenters. The molecule has 104 valence electrons. The van der Waals surface area contributed by atoms with Gasteiger partial charge in [-0.3, -0.25) is 0 Å². The van der Waals surface area contributed by atoms with Crippen molar-refractivity contribution in [2.75, 3.05) is 7.11 Å². The third kappa shape index (κ3) is 3.42. The molecule has 0 fully saturated rings. The van der Waals surface area contributed by atoms with Crippen molar-refractivity contribution >= 4 is 17.6 Å². The summed E-state index contributed by atoms with van der Waals surface area (Å²) >= 11 is 5.90. The summed E-state index contributed by atoms with van der Waals surface area (Å²) in [5.74, 6) is 0.0841. The Bertz CT molecular complexity index is 625. The number of ether oxygens (including phenoxy) is 2. The zero-order valence-electron chi connectivity index (χ0n) is 10.8. The molecule has 0 saturated heterocycles. The van der Waals surface area contributed by atoms with Crippen LogP contribution in [0.1, 0.15) is 15.9 Å². The number of phenolic OH excluding ortho intramolecular Hbond substituents is 1. The van der Waals surface area contributed by atoms with Crippen LogP contribution in [0.5, 0.6) is 11.5 Å². The molecule has 20 heavy (non-hydrogen) atoms. The summed E-state index contributed by atoms with van der Waals surface area (Å²) in [6, 6.07) is 11.0. The van der Waals surface area contributed by atoms with E-state index in [1.54, 1.807) is 30.3 Å². The molecule has 4 nitrogen and oxygen atoms in total. The van der Waals surface area contributed by atoms with Crippen molar-refractivity contribution < 1.29 is 19.4 Å². The quantitative estimate of drug-likeness (QED) is 0.877. The van der Waals surface area contributed by atoms with Gasteiger partial charge in [-0.2, -0.15) is 0 Å². The summed E-state index contributed by atoms with van der Waals surface area (Å²) in [6.45, 7) is 0.0399. The topological polar surface area (TPSA) is 55.8 Å². The molecule has 0 bridgehead atoms. The molecule has 0 saturated carbocycles. The highest BCUT2D eigenvalue weighted by molar-refractivity contribution is 6.30. The smallest absolute Gasteiger partial charge is 0.338 e. The summed E-state index contributed by atoms with van der Waals surface area (Å²) in [7, 11) is 1.53. The van der Waals surface area contributed by atoms with E-state index in [1.807, 2.05) is 0 Å². The molecule has 0 spiro atoms. The monoisotopic (exact) mass is 292 g/mol. The minimum atomic E-state index is -0.525. The van der Waals surface area contributed by atoms with Gasteiger partial charge in [-0.05, 0) is 36.4 Å². The highest BCUT2D eigenvalue weighted by Crippen LogP contribution is 2.23. The van der Waals surface area contributed by atoms with Crippen LogP contribution in [-0.4, -0.2) is 18.2 Å². The van der Waals surface area contributed by atoms with Crippen molar-refractivity contribution in [3.05, 3.63) is 58.6 Å². The predicted molar refractivity (Wildman–Crippen MR) is 75.2 cm³/mol. The van der Waals surface area contributed by atoms with Crippen molar-refractivity contribution in [3.63, 3.8) is 0 Å². The van der Waals surface area contributed by atoms with Crippen LogP contribution in [-0.2, 0) is 11.3 Å². The van der Waals surface area contributed by atoms with Crippen molar-refractivity contribution in [1.82, 2.24) is 0 Å². The fourth-order valence-corrected chi connectivity index (χ4v) is 1.91. The van der Waals surface area contributed by atoms with Gasteiger partial charge >= 0.3 is 5.97 Å². The number of hydrogen-bond acceptors (Lipinski definition) is 4. The molecule has 2 aromatic rings. The van der Waals surface area contributed by atoms with E-state index >= 15 is 0 Å². The number of benzene rings is 2. The van der Waals surface area contributed by atoms with Crippen molar-refractivity contribution in [2.45, 2.75) is 6.61 Å². The number of phenols is 1. The molecule has 0 radical (unpaired) electrons. The van der Waals surface area contributed by atoms with E-state index in [4.69, 9.17) is 21.1 Å². The van der Waals surface area contributed by atoms with E-state index in [9.17, 15) is 9.90 Å². The van der Waals surface area contributed by atoms with Crippen molar-refractivity contribution in [3.8, 4) is 11.5 Å². The van der Waals surface area contributed by atoms with Gasteiger partial charge in [0, 0.05) is 10.6 Å². The standard InChI is InChI=1S/C15H13ClO4/c1-19-14-6-5-12(16)7-11(14)9-20-15(18)10-3-2-4-13(17)8-10/h2-8,17H,9H2,1H3. The van der Waals surface area contributed by atoms with Crippen molar-refractivity contribution in [1.29, 1.82) is 0 Å². The van der Waals surface area contributed by atoms with Crippen LogP contribution >= 0.6 is 11.6 Å². The fourth-order valence-electron chi connectivity index (χ4n) is 1.72. The lowest BCUT2D eigenvalue weighted by Crippen LogP contribution is -2.06. The Balaban J connectivity index is 2.09. The predicted octanol–water partition coefficient (Wildman–Crippen LogP) is 3.41. The Morgan fingerprint density at radius 3 is 2.75 bits per heavy atom. The lowest BCUT2D eigenvalue weighted by molar-refractivity contribution is 0.0469. The summed E-state index contributed by atoms with van der Waals surface area (Å²) < 4.78 is 10.3. The highest BCUT2D eigenvalue weighted by atomic mass is 35.5. The molecule has 2 aromatic carbocycles. The van der Waals surface area contributed by atoms with Gasteiger partial charge in [-0.15, -0.1) is 0 Å². The van der Waals surface area contributed by atoms with E-state index in [2.05, 4.69) is 0 Å². The van der Waals surface area contributed by atoms with Crippen molar-refractivity contribution in [2.24, 2.45) is 0 Å². The molecule has 0 aliphatic heterocycles. The van der Waals surface area contributed by atoms with E-state index in [0.29, 0.717) is 16.3 Å². The average Bonchev–Trinajstić information content (AvgIpc) is 2.45. The molecule has 0 aromatic heterocycles. The SMILES string of the molecule is COc1ccc(Cl)cc1COC(=O)c1cccc(O)c1. The number of carbonyl (C=O) groups excluding carboxylic acids is 1. The number of hydrogen-bond donors (Lipinski definition) is 1. The van der Waals surface area contributed by atoms with Gasteiger partial charge in [0.2, 0.25) is 0 Å². The van der Waals surface area contributed by atoms with Gasteiger partial charge in [0.1, 0.15) is 18.1 Å². The number of rotatable bonds is 4. The van der Waals surface area contributed by atoms with E-state index < -0.39 is 5.97 Å². The summed E-state index contributed by atoms with van der Waals surface area (Å²) in [5.41, 5.74) is 0.958. The van der Waals surface area contributed by atoms with Gasteiger partial charge < -0.3 is 14.6 Å². The number of esters is 1. The number of carbonyl (C=O) groups is 1. The Morgan fingerprint density at radius 2 is 2.05 bits per heavy atom. The largest absolute Gasteiger partial charge is 0.508 e. The van der Waals surface area contributed by atoms with Crippen LogP contribution < -0.4 is 4.74 Å². The van der Waals surface area contributed by atoms with Crippen LogP contribution in [0.25, 0.3) is 0 Å². The minimum Gasteiger partial charge on any atom is -0.508 e. The maximum absolute atomic E-state index is 11.8. The highest BCUT2D eigenvalue weighted by Gasteiger charge is 2.10. The zero-order chi connectivity index (χ0) is 14.5. The molecule has 0 amide bonds. The molecular weight excluding hydrogens is 280 g/mol.